The van der Waals surface area contributed by atoms with Crippen molar-refractivity contribution >= 4 is 0 Å². The van der Waals surface area contributed by atoms with Gasteiger partial charge in [0.1, 0.15) is 11.4 Å². The third-order valence-electron chi connectivity index (χ3n) is 4.98. The minimum absolute atomic E-state index is 0.224. The second-order valence-corrected chi connectivity index (χ2v) is 6.10. The van der Waals surface area contributed by atoms with Crippen molar-refractivity contribution in [1.29, 1.82) is 0 Å². The molecular formula is C16H24FNO. The molecule has 2 rings (SSSR count). The van der Waals surface area contributed by atoms with Crippen molar-refractivity contribution in [2.45, 2.75) is 52.1 Å². The second kappa shape index (κ2) is 5.58. The molecule has 1 saturated carbocycles. The zero-order valence-corrected chi connectivity index (χ0v) is 12.1. The van der Waals surface area contributed by atoms with Crippen LogP contribution in [0.3, 0.4) is 0 Å². The first-order chi connectivity index (χ1) is 8.97. The molecule has 4 atom stereocenters. The first kappa shape index (κ1) is 14.4. The number of aliphatic hydroxyl groups is 1. The second-order valence-electron chi connectivity index (χ2n) is 6.10. The van der Waals surface area contributed by atoms with Gasteiger partial charge in [0, 0.05) is 0 Å². The lowest BCUT2D eigenvalue weighted by Crippen LogP contribution is -2.39. The van der Waals surface area contributed by atoms with Crippen LogP contribution >= 0.6 is 0 Å². The number of nitrogens with zero attached hydrogens (tertiary/aromatic N) is 1. The van der Waals surface area contributed by atoms with Gasteiger partial charge in [-0.05, 0) is 49.1 Å². The Kier molecular flexibility index (Phi) is 4.24. The molecule has 106 valence electrons. The van der Waals surface area contributed by atoms with Crippen LogP contribution in [0.1, 0.15) is 52.1 Å². The molecule has 19 heavy (non-hydrogen) atoms. The predicted molar refractivity (Wildman–Crippen MR) is 74.1 cm³/mol. The van der Waals surface area contributed by atoms with Gasteiger partial charge in [0.15, 0.2) is 0 Å². The van der Waals surface area contributed by atoms with Crippen molar-refractivity contribution in [2.24, 2.45) is 17.8 Å². The van der Waals surface area contributed by atoms with Crippen molar-refractivity contribution in [3.63, 3.8) is 0 Å². The topological polar surface area (TPSA) is 33.1 Å². The lowest BCUT2D eigenvalue weighted by Gasteiger charge is -2.41. The zero-order valence-electron chi connectivity index (χ0n) is 12.1. The van der Waals surface area contributed by atoms with Gasteiger partial charge in [0.2, 0.25) is 0 Å². The van der Waals surface area contributed by atoms with Crippen LogP contribution in [0.4, 0.5) is 4.39 Å². The third kappa shape index (κ3) is 2.81. The van der Waals surface area contributed by atoms with Gasteiger partial charge < -0.3 is 5.11 Å². The van der Waals surface area contributed by atoms with Crippen LogP contribution in [0, 0.1) is 23.6 Å². The molecule has 1 aliphatic rings. The Morgan fingerprint density at radius 1 is 1.32 bits per heavy atom. The monoisotopic (exact) mass is 265 g/mol. The van der Waals surface area contributed by atoms with E-state index in [1.165, 1.54) is 12.3 Å². The average molecular weight is 265 g/mol. The lowest BCUT2D eigenvalue weighted by molar-refractivity contribution is -0.0592. The van der Waals surface area contributed by atoms with Crippen molar-refractivity contribution in [3.8, 4) is 0 Å². The molecule has 0 bridgehead atoms. The molecule has 0 amide bonds. The summed E-state index contributed by atoms with van der Waals surface area (Å²) in [4.78, 5) is 4.12. The molecular weight excluding hydrogens is 241 g/mol. The van der Waals surface area contributed by atoms with Crippen LogP contribution in [0.2, 0.25) is 0 Å². The lowest BCUT2D eigenvalue weighted by atomic mass is 9.67. The Balaban J connectivity index is 2.24. The molecule has 0 aliphatic heterocycles. The maximum Gasteiger partial charge on any atom is 0.141 e. The fraction of sp³-hybridized carbons (Fsp3) is 0.688. The van der Waals surface area contributed by atoms with Crippen molar-refractivity contribution in [1.82, 2.24) is 4.98 Å². The molecule has 1 fully saturated rings. The van der Waals surface area contributed by atoms with E-state index < -0.39 is 5.60 Å². The smallest absolute Gasteiger partial charge is 0.141 e. The normalized spacial score (nSPS) is 30.9. The van der Waals surface area contributed by atoms with Gasteiger partial charge in [-0.15, -0.1) is 0 Å². The van der Waals surface area contributed by atoms with Crippen molar-refractivity contribution < 1.29 is 9.50 Å². The van der Waals surface area contributed by atoms with Gasteiger partial charge in [-0.3, -0.25) is 4.98 Å². The number of aromatic nitrogens is 1. The quantitative estimate of drug-likeness (QED) is 0.899. The van der Waals surface area contributed by atoms with E-state index in [9.17, 15) is 9.50 Å². The number of rotatable bonds is 3. The van der Waals surface area contributed by atoms with E-state index in [1.807, 2.05) is 6.92 Å². The van der Waals surface area contributed by atoms with Gasteiger partial charge in [-0.2, -0.15) is 0 Å². The first-order valence-corrected chi connectivity index (χ1v) is 7.31. The Bertz CT molecular complexity index is 419. The summed E-state index contributed by atoms with van der Waals surface area (Å²) in [5, 5.41) is 11.0. The van der Waals surface area contributed by atoms with E-state index in [0.717, 1.165) is 25.2 Å². The van der Waals surface area contributed by atoms with Crippen molar-refractivity contribution in [2.75, 3.05) is 0 Å². The minimum atomic E-state index is -0.915. The standard InChI is InChI=1S/C16H24FNO/c1-4-16(19,15-8-7-14(17)10-18-15)13-6-5-11(2)12(3)9-13/h7-8,10-13,19H,4-6,9H2,1-3H3. The highest BCUT2D eigenvalue weighted by atomic mass is 19.1. The predicted octanol–water partition coefficient (Wildman–Crippen LogP) is 3.89. The number of pyridine rings is 1. The third-order valence-corrected chi connectivity index (χ3v) is 4.98. The van der Waals surface area contributed by atoms with E-state index >= 15 is 0 Å². The molecule has 0 spiro atoms. The molecule has 1 aromatic rings. The van der Waals surface area contributed by atoms with Crippen LogP contribution in [0.15, 0.2) is 18.3 Å². The average Bonchev–Trinajstić information content (AvgIpc) is 2.42. The van der Waals surface area contributed by atoms with Crippen LogP contribution in [-0.4, -0.2) is 10.1 Å². The molecule has 1 aliphatic carbocycles. The van der Waals surface area contributed by atoms with Crippen molar-refractivity contribution in [3.05, 3.63) is 29.8 Å². The van der Waals surface area contributed by atoms with E-state index in [4.69, 9.17) is 0 Å². The minimum Gasteiger partial charge on any atom is -0.383 e. The molecule has 1 heterocycles. The van der Waals surface area contributed by atoms with E-state index in [1.54, 1.807) is 6.07 Å². The van der Waals surface area contributed by atoms with Crippen LogP contribution in [0.5, 0.6) is 0 Å². The van der Waals surface area contributed by atoms with E-state index in [2.05, 4.69) is 18.8 Å². The Hall–Kier alpha value is -0.960. The molecule has 2 nitrogen and oxygen atoms in total. The summed E-state index contributed by atoms with van der Waals surface area (Å²) in [7, 11) is 0. The fourth-order valence-corrected chi connectivity index (χ4v) is 3.29. The summed E-state index contributed by atoms with van der Waals surface area (Å²) in [5.41, 5.74) is -0.301. The zero-order chi connectivity index (χ0) is 14.0. The molecule has 4 unspecified atom stereocenters. The first-order valence-electron chi connectivity index (χ1n) is 7.31. The number of hydrogen-bond acceptors (Lipinski definition) is 2. The number of hydrogen-bond donors (Lipinski definition) is 1. The summed E-state index contributed by atoms with van der Waals surface area (Å²) in [6.07, 6.45) is 5.01. The summed E-state index contributed by atoms with van der Waals surface area (Å²) >= 11 is 0. The number of halogens is 1. The van der Waals surface area contributed by atoms with Gasteiger partial charge in [0.05, 0.1) is 11.9 Å². The molecule has 1 aromatic heterocycles. The van der Waals surface area contributed by atoms with Crippen LogP contribution in [-0.2, 0) is 5.60 Å². The molecule has 0 radical (unpaired) electrons. The van der Waals surface area contributed by atoms with E-state index in [-0.39, 0.29) is 11.7 Å². The maximum atomic E-state index is 13.0. The van der Waals surface area contributed by atoms with E-state index in [0.29, 0.717) is 18.0 Å². The highest BCUT2D eigenvalue weighted by Gasteiger charge is 2.41. The molecule has 0 aromatic carbocycles. The SMILES string of the molecule is CCC(O)(c1ccc(F)cn1)C1CCC(C)C(C)C1. The van der Waals surface area contributed by atoms with Crippen LogP contribution < -0.4 is 0 Å². The maximum absolute atomic E-state index is 13.0. The summed E-state index contributed by atoms with van der Waals surface area (Å²) in [6.45, 7) is 6.51. The van der Waals surface area contributed by atoms with Gasteiger partial charge >= 0.3 is 0 Å². The Morgan fingerprint density at radius 2 is 2.05 bits per heavy atom. The Labute approximate surface area is 115 Å². The summed E-state index contributed by atoms with van der Waals surface area (Å²) in [6, 6.07) is 3.01. The fourth-order valence-electron chi connectivity index (χ4n) is 3.29. The van der Waals surface area contributed by atoms with Gasteiger partial charge in [-0.25, -0.2) is 4.39 Å². The molecule has 3 heteroatoms. The van der Waals surface area contributed by atoms with Gasteiger partial charge in [0.25, 0.3) is 0 Å². The summed E-state index contributed by atoms with van der Waals surface area (Å²) < 4.78 is 13.0. The summed E-state index contributed by atoms with van der Waals surface area (Å²) in [5.74, 6) is 1.21. The van der Waals surface area contributed by atoms with Gasteiger partial charge in [-0.1, -0.05) is 27.2 Å². The van der Waals surface area contributed by atoms with Crippen LogP contribution in [0.25, 0.3) is 0 Å². The largest absolute Gasteiger partial charge is 0.383 e. The highest BCUT2D eigenvalue weighted by molar-refractivity contribution is 5.15. The molecule has 0 saturated heterocycles. The Morgan fingerprint density at radius 3 is 2.58 bits per heavy atom. The molecule has 1 N–H and O–H groups in total. The highest BCUT2D eigenvalue weighted by Crippen LogP contribution is 2.44.